The minimum atomic E-state index is -0.918. The highest BCUT2D eigenvalue weighted by molar-refractivity contribution is 5.97. The lowest BCUT2D eigenvalue weighted by molar-refractivity contribution is 0.0829. The Morgan fingerprint density at radius 1 is 0.760 bits per heavy atom. The molecule has 3 aromatic carbocycles. The number of carbonyl (C=O) groups excluding carboxylic acids is 1. The first-order chi connectivity index (χ1) is 12.2. The number of hydrogen-bond donors (Lipinski definition) is 3. The van der Waals surface area contributed by atoms with E-state index in [-0.39, 0.29) is 11.3 Å². The molecule has 0 radical (unpaired) electrons. The van der Waals surface area contributed by atoms with E-state index in [1.165, 1.54) is 6.07 Å². The van der Waals surface area contributed by atoms with E-state index in [0.717, 1.165) is 5.56 Å². The van der Waals surface area contributed by atoms with Gasteiger partial charge in [-0.25, -0.2) is 0 Å². The molecule has 1 amide bonds. The van der Waals surface area contributed by atoms with Crippen LogP contribution in [0.3, 0.4) is 0 Å². The molecule has 0 aromatic heterocycles. The van der Waals surface area contributed by atoms with E-state index in [9.17, 15) is 15.0 Å². The molecule has 0 bridgehead atoms. The summed E-state index contributed by atoms with van der Waals surface area (Å²) in [5.41, 5.74) is 1.65. The van der Waals surface area contributed by atoms with Crippen LogP contribution in [0.4, 0.5) is 0 Å². The number of nitrogens with one attached hydrogen (secondary N) is 1. The highest BCUT2D eigenvalue weighted by Gasteiger charge is 2.25. The fourth-order valence-electron chi connectivity index (χ4n) is 2.73. The average Bonchev–Trinajstić information content (AvgIpc) is 2.67. The molecule has 0 aliphatic heterocycles. The van der Waals surface area contributed by atoms with Gasteiger partial charge in [0.05, 0.1) is 11.6 Å². The van der Waals surface area contributed by atoms with Crippen molar-refractivity contribution < 1.29 is 15.0 Å². The van der Waals surface area contributed by atoms with Gasteiger partial charge in [-0.1, -0.05) is 72.8 Å². The molecule has 126 valence electrons. The van der Waals surface area contributed by atoms with Crippen LogP contribution >= 0.6 is 0 Å². The number of amides is 1. The van der Waals surface area contributed by atoms with Crippen molar-refractivity contribution in [3.8, 4) is 5.75 Å². The summed E-state index contributed by atoms with van der Waals surface area (Å²) >= 11 is 0. The Hall–Kier alpha value is -3.11. The highest BCUT2D eigenvalue weighted by atomic mass is 16.3. The van der Waals surface area contributed by atoms with Gasteiger partial charge in [0.25, 0.3) is 5.91 Å². The van der Waals surface area contributed by atoms with Gasteiger partial charge in [-0.05, 0) is 23.3 Å². The van der Waals surface area contributed by atoms with E-state index >= 15 is 0 Å². The van der Waals surface area contributed by atoms with Crippen molar-refractivity contribution in [1.82, 2.24) is 5.32 Å². The van der Waals surface area contributed by atoms with E-state index in [1.54, 1.807) is 18.2 Å². The molecule has 3 rings (SSSR count). The second-order valence-electron chi connectivity index (χ2n) is 5.73. The standard InChI is InChI=1S/C21H19NO3/c23-18-14-8-7-13-17(18)21(25)22-19(15-9-3-1-4-10-15)20(24)16-11-5-2-6-12-16/h1-14,19-20,23-24H,(H,22,25)/t19-,20+/m0/s1. The summed E-state index contributed by atoms with van der Waals surface area (Å²) in [7, 11) is 0. The van der Waals surface area contributed by atoms with Crippen LogP contribution in [0.25, 0.3) is 0 Å². The first-order valence-electron chi connectivity index (χ1n) is 8.03. The van der Waals surface area contributed by atoms with Crippen molar-refractivity contribution in [3.63, 3.8) is 0 Å². The molecule has 3 aromatic rings. The number of benzene rings is 3. The maximum atomic E-state index is 12.6. The molecule has 0 saturated heterocycles. The molecule has 0 spiro atoms. The summed E-state index contributed by atoms with van der Waals surface area (Å²) < 4.78 is 0. The molecule has 25 heavy (non-hydrogen) atoms. The zero-order chi connectivity index (χ0) is 17.6. The van der Waals surface area contributed by atoms with Crippen LogP contribution in [-0.4, -0.2) is 16.1 Å². The van der Waals surface area contributed by atoms with E-state index in [1.807, 2.05) is 60.7 Å². The van der Waals surface area contributed by atoms with Gasteiger partial charge in [0.2, 0.25) is 0 Å². The Labute approximate surface area is 146 Å². The normalized spacial score (nSPS) is 13.0. The topological polar surface area (TPSA) is 69.6 Å². The zero-order valence-electron chi connectivity index (χ0n) is 13.5. The van der Waals surface area contributed by atoms with Gasteiger partial charge < -0.3 is 15.5 Å². The predicted molar refractivity (Wildman–Crippen MR) is 96.2 cm³/mol. The van der Waals surface area contributed by atoms with Crippen molar-refractivity contribution in [3.05, 3.63) is 102 Å². The van der Waals surface area contributed by atoms with Crippen LogP contribution in [0.15, 0.2) is 84.9 Å². The lowest BCUT2D eigenvalue weighted by Crippen LogP contribution is -2.32. The van der Waals surface area contributed by atoms with Crippen LogP contribution in [-0.2, 0) is 0 Å². The Morgan fingerprint density at radius 3 is 1.88 bits per heavy atom. The Morgan fingerprint density at radius 2 is 1.28 bits per heavy atom. The van der Waals surface area contributed by atoms with Gasteiger partial charge in [0.1, 0.15) is 11.9 Å². The summed E-state index contributed by atoms with van der Waals surface area (Å²) in [6.45, 7) is 0. The summed E-state index contributed by atoms with van der Waals surface area (Å²) in [4.78, 5) is 12.6. The van der Waals surface area contributed by atoms with E-state index in [2.05, 4.69) is 5.32 Å². The third-order valence-electron chi connectivity index (χ3n) is 4.05. The van der Waals surface area contributed by atoms with Crippen LogP contribution in [0, 0.1) is 0 Å². The van der Waals surface area contributed by atoms with Gasteiger partial charge in [0.15, 0.2) is 0 Å². The van der Waals surface area contributed by atoms with Crippen molar-refractivity contribution in [2.45, 2.75) is 12.1 Å². The molecule has 0 aliphatic carbocycles. The van der Waals surface area contributed by atoms with Crippen molar-refractivity contribution in [1.29, 1.82) is 0 Å². The Bertz CT molecular complexity index is 834. The molecular weight excluding hydrogens is 314 g/mol. The van der Waals surface area contributed by atoms with Gasteiger partial charge in [-0.3, -0.25) is 4.79 Å². The third-order valence-corrected chi connectivity index (χ3v) is 4.05. The SMILES string of the molecule is O=C(N[C@@H](c1ccccc1)[C@H](O)c1ccccc1)c1ccccc1O. The predicted octanol–water partition coefficient (Wildman–Crippen LogP) is 3.60. The molecule has 2 atom stereocenters. The van der Waals surface area contributed by atoms with Crippen molar-refractivity contribution in [2.24, 2.45) is 0 Å². The number of hydrogen-bond acceptors (Lipinski definition) is 3. The van der Waals surface area contributed by atoms with E-state index < -0.39 is 18.1 Å². The monoisotopic (exact) mass is 333 g/mol. The molecule has 0 heterocycles. The summed E-state index contributed by atoms with van der Waals surface area (Å²) in [5.74, 6) is -0.539. The van der Waals surface area contributed by atoms with Crippen molar-refractivity contribution >= 4 is 5.91 Å². The quantitative estimate of drug-likeness (QED) is 0.668. The Balaban J connectivity index is 1.92. The van der Waals surface area contributed by atoms with Crippen LogP contribution in [0.2, 0.25) is 0 Å². The summed E-state index contributed by atoms with van der Waals surface area (Å²) in [6, 6.07) is 24.1. The Kier molecular flexibility index (Phi) is 5.11. The lowest BCUT2D eigenvalue weighted by Gasteiger charge is -2.25. The van der Waals surface area contributed by atoms with Gasteiger partial charge >= 0.3 is 0 Å². The molecule has 4 nitrogen and oxygen atoms in total. The zero-order valence-corrected chi connectivity index (χ0v) is 13.5. The molecule has 0 fully saturated rings. The minimum Gasteiger partial charge on any atom is -0.507 e. The molecular formula is C21H19NO3. The number of aliphatic hydroxyl groups is 1. The molecule has 0 saturated carbocycles. The number of rotatable bonds is 5. The second-order valence-corrected chi connectivity index (χ2v) is 5.73. The summed E-state index contributed by atoms with van der Waals surface area (Å²) in [5, 5.41) is 23.6. The highest BCUT2D eigenvalue weighted by Crippen LogP contribution is 2.29. The number of carbonyl (C=O) groups is 1. The van der Waals surface area contributed by atoms with Crippen molar-refractivity contribution in [2.75, 3.05) is 0 Å². The van der Waals surface area contributed by atoms with Gasteiger partial charge in [-0.2, -0.15) is 0 Å². The third kappa shape index (κ3) is 3.87. The molecule has 0 unspecified atom stereocenters. The number of aromatic hydroxyl groups is 1. The first kappa shape index (κ1) is 16.7. The molecule has 4 heteroatoms. The number of phenolic OH excluding ortho intramolecular Hbond substituents is 1. The van der Waals surface area contributed by atoms with E-state index in [0.29, 0.717) is 5.56 Å². The van der Waals surface area contributed by atoms with Gasteiger partial charge in [-0.15, -0.1) is 0 Å². The first-order valence-corrected chi connectivity index (χ1v) is 8.03. The maximum absolute atomic E-state index is 12.6. The largest absolute Gasteiger partial charge is 0.507 e. The average molecular weight is 333 g/mol. The number of para-hydroxylation sites is 1. The van der Waals surface area contributed by atoms with Gasteiger partial charge in [0, 0.05) is 0 Å². The van der Waals surface area contributed by atoms with Crippen LogP contribution in [0.1, 0.15) is 33.6 Å². The second kappa shape index (κ2) is 7.64. The van der Waals surface area contributed by atoms with Crippen LogP contribution < -0.4 is 5.32 Å². The molecule has 0 aliphatic rings. The lowest BCUT2D eigenvalue weighted by atomic mass is 9.95. The molecule has 3 N–H and O–H groups in total. The maximum Gasteiger partial charge on any atom is 0.255 e. The minimum absolute atomic E-state index is 0.0963. The number of phenols is 1. The van der Waals surface area contributed by atoms with E-state index in [4.69, 9.17) is 0 Å². The number of aliphatic hydroxyl groups excluding tert-OH is 1. The summed E-state index contributed by atoms with van der Waals surface area (Å²) in [6.07, 6.45) is -0.918. The van der Waals surface area contributed by atoms with Crippen LogP contribution in [0.5, 0.6) is 5.75 Å². The fraction of sp³-hybridized carbons (Fsp3) is 0.0952. The smallest absolute Gasteiger partial charge is 0.255 e. The fourth-order valence-corrected chi connectivity index (χ4v) is 2.73.